The van der Waals surface area contributed by atoms with Crippen LogP contribution >= 0.6 is 15.9 Å². The van der Waals surface area contributed by atoms with Crippen molar-refractivity contribution in [2.75, 3.05) is 13.2 Å². The van der Waals surface area contributed by atoms with Crippen LogP contribution in [0.5, 0.6) is 5.75 Å². The summed E-state index contributed by atoms with van der Waals surface area (Å²) in [6, 6.07) is 3.59. The molecule has 0 atom stereocenters. The predicted octanol–water partition coefficient (Wildman–Crippen LogP) is 1.34. The molecule has 2 N–H and O–H groups in total. The van der Waals surface area contributed by atoms with Gasteiger partial charge in [0, 0.05) is 19.4 Å². The average molecular weight is 395 g/mol. The number of aromatic nitrogens is 2. The Morgan fingerprint density at radius 1 is 1.46 bits per heavy atom. The lowest BCUT2D eigenvalue weighted by Gasteiger charge is -2.11. The van der Waals surface area contributed by atoms with E-state index in [9.17, 15) is 9.59 Å². The van der Waals surface area contributed by atoms with Crippen molar-refractivity contribution in [1.29, 1.82) is 0 Å². The normalized spacial score (nSPS) is 14.6. The zero-order valence-corrected chi connectivity index (χ0v) is 14.4. The molecule has 8 nitrogen and oxygen atoms in total. The number of carboxylic acid groups (broad SMARTS) is 1. The SMILES string of the molecule is Cn1ccn(Cc2cc(Br)c3c(c2)C(=O)NCCO3)c1=NC(=O)O. The molecule has 2 aromatic rings. The lowest BCUT2D eigenvalue weighted by atomic mass is 10.1. The molecule has 1 aliphatic rings. The number of carbonyl (C=O) groups excluding carboxylic acids is 1. The van der Waals surface area contributed by atoms with Gasteiger partial charge < -0.3 is 24.3 Å². The Bertz CT molecular complexity index is 884. The minimum absolute atomic E-state index is 0.196. The van der Waals surface area contributed by atoms with Crippen LogP contribution in [0.1, 0.15) is 15.9 Å². The highest BCUT2D eigenvalue weighted by atomic mass is 79.9. The van der Waals surface area contributed by atoms with Gasteiger partial charge in [0.05, 0.1) is 23.1 Å². The number of amides is 2. The molecule has 0 spiro atoms. The summed E-state index contributed by atoms with van der Waals surface area (Å²) in [6.45, 7) is 1.22. The molecule has 1 aliphatic heterocycles. The Morgan fingerprint density at radius 2 is 2.25 bits per heavy atom. The van der Waals surface area contributed by atoms with E-state index in [0.717, 1.165) is 5.56 Å². The summed E-state index contributed by atoms with van der Waals surface area (Å²) in [5.74, 6) is 0.320. The number of carbonyl (C=O) groups is 2. The van der Waals surface area contributed by atoms with E-state index in [0.29, 0.717) is 41.1 Å². The first-order valence-electron chi connectivity index (χ1n) is 7.18. The van der Waals surface area contributed by atoms with Gasteiger partial charge in [0.1, 0.15) is 12.4 Å². The summed E-state index contributed by atoms with van der Waals surface area (Å²) in [6.07, 6.45) is 2.19. The van der Waals surface area contributed by atoms with Crippen LogP contribution in [-0.2, 0) is 13.6 Å². The molecule has 1 aromatic carbocycles. The second-order valence-corrected chi connectivity index (χ2v) is 6.14. The number of aryl methyl sites for hydroxylation is 1. The fourth-order valence-corrected chi connectivity index (χ4v) is 3.16. The van der Waals surface area contributed by atoms with E-state index in [2.05, 4.69) is 26.2 Å². The van der Waals surface area contributed by atoms with Gasteiger partial charge in [-0.15, -0.1) is 4.99 Å². The van der Waals surface area contributed by atoms with Gasteiger partial charge in [-0.1, -0.05) is 0 Å². The third kappa shape index (κ3) is 3.21. The van der Waals surface area contributed by atoms with Crippen LogP contribution in [0.25, 0.3) is 0 Å². The molecule has 0 saturated carbocycles. The van der Waals surface area contributed by atoms with Gasteiger partial charge in [0.2, 0.25) is 5.62 Å². The average Bonchev–Trinajstić information content (AvgIpc) is 2.73. The van der Waals surface area contributed by atoms with Gasteiger partial charge in [-0.2, -0.15) is 0 Å². The van der Waals surface area contributed by atoms with Crippen LogP contribution < -0.4 is 15.7 Å². The largest absolute Gasteiger partial charge is 0.490 e. The van der Waals surface area contributed by atoms with Crippen molar-refractivity contribution in [2.45, 2.75) is 6.54 Å². The number of halogens is 1. The topological polar surface area (TPSA) is 97.9 Å². The van der Waals surface area contributed by atoms with Gasteiger partial charge >= 0.3 is 6.09 Å². The van der Waals surface area contributed by atoms with E-state index in [-0.39, 0.29) is 5.91 Å². The Hall–Kier alpha value is -2.55. The van der Waals surface area contributed by atoms with E-state index in [1.165, 1.54) is 0 Å². The van der Waals surface area contributed by atoms with Crippen LogP contribution in [0.2, 0.25) is 0 Å². The van der Waals surface area contributed by atoms with Gasteiger partial charge in [-0.25, -0.2) is 4.79 Å². The lowest BCUT2D eigenvalue weighted by Crippen LogP contribution is -2.26. The minimum Gasteiger partial charge on any atom is -0.490 e. The summed E-state index contributed by atoms with van der Waals surface area (Å²) in [7, 11) is 1.71. The second-order valence-electron chi connectivity index (χ2n) is 5.29. The number of imidazole rings is 1. The number of nitrogens with zero attached hydrogens (tertiary/aromatic N) is 3. The molecule has 0 unspecified atom stereocenters. The Balaban J connectivity index is 2.02. The van der Waals surface area contributed by atoms with Crippen molar-refractivity contribution < 1.29 is 19.4 Å². The number of hydrogen-bond acceptors (Lipinski definition) is 3. The molecular formula is C15H15BrN4O4. The van der Waals surface area contributed by atoms with Gasteiger partial charge in [-0.3, -0.25) is 4.79 Å². The Morgan fingerprint density at radius 3 is 3.00 bits per heavy atom. The quantitative estimate of drug-likeness (QED) is 0.802. The third-order valence-electron chi connectivity index (χ3n) is 3.57. The molecule has 126 valence electrons. The van der Waals surface area contributed by atoms with Crippen LogP contribution in [0.4, 0.5) is 4.79 Å². The van der Waals surface area contributed by atoms with Crippen LogP contribution in [0.3, 0.4) is 0 Å². The first-order valence-corrected chi connectivity index (χ1v) is 7.98. The molecule has 0 radical (unpaired) electrons. The minimum atomic E-state index is -1.26. The highest BCUT2D eigenvalue weighted by Gasteiger charge is 2.20. The molecule has 2 amide bonds. The highest BCUT2D eigenvalue weighted by molar-refractivity contribution is 9.10. The first kappa shape index (κ1) is 16.3. The molecule has 0 aliphatic carbocycles. The number of nitrogens with one attached hydrogen (secondary N) is 1. The summed E-state index contributed by atoms with van der Waals surface area (Å²) in [4.78, 5) is 26.6. The monoisotopic (exact) mass is 394 g/mol. The van der Waals surface area contributed by atoms with Gasteiger partial charge in [-0.05, 0) is 33.6 Å². The molecule has 1 aromatic heterocycles. The maximum absolute atomic E-state index is 12.2. The van der Waals surface area contributed by atoms with Crippen molar-refractivity contribution in [3.63, 3.8) is 0 Å². The summed E-state index contributed by atoms with van der Waals surface area (Å²) >= 11 is 3.44. The molecule has 0 bridgehead atoms. The van der Waals surface area contributed by atoms with E-state index >= 15 is 0 Å². The number of ether oxygens (including phenoxy) is 1. The number of hydrogen-bond donors (Lipinski definition) is 2. The standard InChI is InChI=1S/C15H15BrN4O4/c1-19-3-4-20(14(19)18-15(22)23)8-9-6-10-12(11(16)7-9)24-5-2-17-13(10)21/h3-4,6-7H,2,5,8H2,1H3,(H,17,21)(H,22,23). The Kier molecular flexibility index (Phi) is 4.43. The fraction of sp³-hybridized carbons (Fsp3) is 0.267. The lowest BCUT2D eigenvalue weighted by molar-refractivity contribution is 0.0957. The van der Waals surface area contributed by atoms with Crippen LogP contribution in [-0.4, -0.2) is 39.4 Å². The summed E-state index contributed by atoms with van der Waals surface area (Å²) < 4.78 is 9.58. The molecule has 9 heteroatoms. The van der Waals surface area contributed by atoms with Crippen molar-refractivity contribution in [2.24, 2.45) is 12.0 Å². The first-order chi connectivity index (χ1) is 11.5. The highest BCUT2D eigenvalue weighted by Crippen LogP contribution is 2.32. The van der Waals surface area contributed by atoms with Crippen LogP contribution in [0.15, 0.2) is 34.0 Å². The van der Waals surface area contributed by atoms with Crippen molar-refractivity contribution in [3.05, 3.63) is 45.7 Å². The number of fused-ring (bicyclic) bond motifs is 1. The van der Waals surface area contributed by atoms with E-state index in [4.69, 9.17) is 9.84 Å². The third-order valence-corrected chi connectivity index (χ3v) is 4.16. The molecular weight excluding hydrogens is 380 g/mol. The zero-order chi connectivity index (χ0) is 17.3. The molecule has 0 saturated heterocycles. The molecule has 0 fully saturated rings. The van der Waals surface area contributed by atoms with E-state index in [1.54, 1.807) is 34.6 Å². The molecule has 2 heterocycles. The number of benzene rings is 1. The van der Waals surface area contributed by atoms with Gasteiger partial charge in [0.15, 0.2) is 0 Å². The van der Waals surface area contributed by atoms with Crippen LogP contribution in [0, 0.1) is 0 Å². The van der Waals surface area contributed by atoms with E-state index < -0.39 is 6.09 Å². The molecule has 24 heavy (non-hydrogen) atoms. The number of rotatable bonds is 2. The van der Waals surface area contributed by atoms with E-state index in [1.807, 2.05) is 6.07 Å². The zero-order valence-electron chi connectivity index (χ0n) is 12.8. The Labute approximate surface area is 145 Å². The van der Waals surface area contributed by atoms with Gasteiger partial charge in [0.25, 0.3) is 5.91 Å². The van der Waals surface area contributed by atoms with Crippen molar-refractivity contribution >= 4 is 27.9 Å². The van der Waals surface area contributed by atoms with Crippen molar-refractivity contribution in [3.8, 4) is 5.75 Å². The summed E-state index contributed by atoms with van der Waals surface area (Å²) in [5.41, 5.74) is 1.57. The smallest absolute Gasteiger partial charge is 0.434 e. The maximum atomic E-state index is 12.2. The second kappa shape index (κ2) is 6.52. The summed E-state index contributed by atoms with van der Waals surface area (Å²) in [5, 5.41) is 11.7. The fourth-order valence-electron chi connectivity index (χ4n) is 2.53. The molecule has 3 rings (SSSR count). The van der Waals surface area contributed by atoms with Crippen molar-refractivity contribution in [1.82, 2.24) is 14.5 Å². The maximum Gasteiger partial charge on any atom is 0.434 e. The predicted molar refractivity (Wildman–Crippen MR) is 88.1 cm³/mol.